The minimum absolute atomic E-state index is 0.0945. The van der Waals surface area contributed by atoms with E-state index in [0.717, 1.165) is 17.7 Å². The normalized spacial score (nSPS) is 21.5. The van der Waals surface area contributed by atoms with Crippen LogP contribution in [0.1, 0.15) is 23.6 Å². The molecule has 2 atom stereocenters. The molecule has 0 saturated carbocycles. The van der Waals surface area contributed by atoms with Crippen molar-refractivity contribution in [1.29, 1.82) is 0 Å². The molecule has 2 aromatic carbocycles. The number of hydrazine groups is 1. The highest BCUT2D eigenvalue weighted by Crippen LogP contribution is 2.23. The fourth-order valence-corrected chi connectivity index (χ4v) is 4.05. The molecule has 0 aliphatic carbocycles. The van der Waals surface area contributed by atoms with Crippen LogP contribution in [0.2, 0.25) is 0 Å². The lowest BCUT2D eigenvalue weighted by atomic mass is 10.0. The summed E-state index contributed by atoms with van der Waals surface area (Å²) in [6, 6.07) is 17.6. The molecule has 0 radical (unpaired) electrons. The van der Waals surface area contributed by atoms with Crippen LogP contribution in [0.4, 0.5) is 0 Å². The third-order valence-corrected chi connectivity index (χ3v) is 5.86. The van der Waals surface area contributed by atoms with E-state index in [4.69, 9.17) is 4.74 Å². The van der Waals surface area contributed by atoms with Crippen molar-refractivity contribution in [1.82, 2.24) is 20.7 Å². The van der Waals surface area contributed by atoms with E-state index in [1.807, 2.05) is 52.3 Å². The molecule has 0 spiro atoms. The summed E-state index contributed by atoms with van der Waals surface area (Å²) in [7, 11) is 1.62. The Bertz CT molecular complexity index is 864. The van der Waals surface area contributed by atoms with Crippen LogP contribution in [0.3, 0.4) is 0 Å². The van der Waals surface area contributed by atoms with Gasteiger partial charge in [-0.2, -0.15) is 0 Å². The van der Waals surface area contributed by atoms with Crippen molar-refractivity contribution >= 4 is 11.8 Å². The molecule has 2 aliphatic rings. The minimum atomic E-state index is -0.239. The number of methoxy groups -OCH3 is 1. The number of rotatable bonds is 5. The van der Waals surface area contributed by atoms with Gasteiger partial charge in [0.1, 0.15) is 11.8 Å². The molecule has 7 heteroatoms. The van der Waals surface area contributed by atoms with Gasteiger partial charge in [0.15, 0.2) is 0 Å². The van der Waals surface area contributed by atoms with Gasteiger partial charge in [-0.3, -0.25) is 9.59 Å². The summed E-state index contributed by atoms with van der Waals surface area (Å²) in [5.41, 5.74) is 8.52. The third kappa shape index (κ3) is 4.63. The first-order valence-electron chi connectivity index (χ1n) is 10.4. The van der Waals surface area contributed by atoms with Crippen LogP contribution in [0.25, 0.3) is 0 Å². The number of nitrogens with one attached hydrogen (secondary N) is 2. The lowest BCUT2D eigenvalue weighted by molar-refractivity contribution is -0.140. The predicted octanol–water partition coefficient (Wildman–Crippen LogP) is 1.52. The maximum Gasteiger partial charge on any atom is 0.241 e. The molecule has 2 aliphatic heterocycles. The maximum absolute atomic E-state index is 12.9. The van der Waals surface area contributed by atoms with Crippen LogP contribution < -0.4 is 15.6 Å². The molecule has 30 heavy (non-hydrogen) atoms. The highest BCUT2D eigenvalue weighted by atomic mass is 16.5. The summed E-state index contributed by atoms with van der Waals surface area (Å²) >= 11 is 0. The van der Waals surface area contributed by atoms with Crippen LogP contribution in [0.15, 0.2) is 54.6 Å². The Kier molecular flexibility index (Phi) is 6.30. The monoisotopic (exact) mass is 408 g/mol. The van der Waals surface area contributed by atoms with Gasteiger partial charge in [0, 0.05) is 32.2 Å². The van der Waals surface area contributed by atoms with E-state index in [1.54, 1.807) is 7.11 Å². The van der Waals surface area contributed by atoms with Gasteiger partial charge in [-0.1, -0.05) is 42.5 Å². The summed E-state index contributed by atoms with van der Waals surface area (Å²) < 4.78 is 5.16. The van der Waals surface area contributed by atoms with Gasteiger partial charge in [0.25, 0.3) is 0 Å². The Hall–Kier alpha value is -2.90. The second-order valence-corrected chi connectivity index (χ2v) is 7.77. The lowest BCUT2D eigenvalue weighted by Crippen LogP contribution is -2.54. The first kappa shape index (κ1) is 20.4. The Morgan fingerprint density at radius 3 is 2.27 bits per heavy atom. The molecular weight excluding hydrogens is 380 g/mol. The molecule has 2 saturated heterocycles. The van der Waals surface area contributed by atoms with Crippen molar-refractivity contribution in [3.05, 3.63) is 65.7 Å². The number of carbonyl (C=O) groups excluding carboxylic acids is 2. The number of carbonyl (C=O) groups is 2. The van der Waals surface area contributed by atoms with Crippen molar-refractivity contribution in [2.75, 3.05) is 33.3 Å². The topological polar surface area (TPSA) is 73.9 Å². The smallest absolute Gasteiger partial charge is 0.241 e. The van der Waals surface area contributed by atoms with E-state index in [9.17, 15) is 9.59 Å². The van der Waals surface area contributed by atoms with Crippen molar-refractivity contribution in [3.8, 4) is 5.75 Å². The third-order valence-electron chi connectivity index (χ3n) is 5.86. The Balaban J connectivity index is 1.25. The first-order chi connectivity index (χ1) is 14.6. The molecule has 2 heterocycles. The zero-order valence-corrected chi connectivity index (χ0v) is 17.2. The van der Waals surface area contributed by atoms with E-state index < -0.39 is 0 Å². The molecule has 2 fully saturated rings. The zero-order chi connectivity index (χ0) is 20.9. The second-order valence-electron chi connectivity index (χ2n) is 7.77. The van der Waals surface area contributed by atoms with Crippen molar-refractivity contribution < 1.29 is 14.3 Å². The molecule has 2 N–H and O–H groups in total. The molecule has 4 rings (SSSR count). The van der Waals surface area contributed by atoms with Crippen LogP contribution >= 0.6 is 0 Å². The second kappa shape index (κ2) is 9.28. The van der Waals surface area contributed by atoms with E-state index in [-0.39, 0.29) is 23.9 Å². The summed E-state index contributed by atoms with van der Waals surface area (Å²) in [5, 5.41) is 0. The van der Waals surface area contributed by atoms with E-state index in [0.29, 0.717) is 32.6 Å². The molecular formula is C23H28N4O3. The Morgan fingerprint density at radius 2 is 1.60 bits per heavy atom. The number of benzene rings is 2. The predicted molar refractivity (Wildman–Crippen MR) is 114 cm³/mol. The minimum Gasteiger partial charge on any atom is -0.497 e. The van der Waals surface area contributed by atoms with Gasteiger partial charge < -0.3 is 14.5 Å². The summed E-state index contributed by atoms with van der Waals surface area (Å²) in [5.74, 6) is 0.975. The van der Waals surface area contributed by atoms with E-state index in [2.05, 4.69) is 23.0 Å². The lowest BCUT2D eigenvalue weighted by Gasteiger charge is -2.36. The summed E-state index contributed by atoms with van der Waals surface area (Å²) in [4.78, 5) is 29.3. The SMILES string of the molecule is COc1ccc(CC(=O)N2CCN(C(=O)C3CC(c4ccccc4)NN3)CC2)cc1. The van der Waals surface area contributed by atoms with Crippen LogP contribution in [0.5, 0.6) is 5.75 Å². The Morgan fingerprint density at radius 1 is 0.933 bits per heavy atom. The number of ether oxygens (including phenoxy) is 1. The molecule has 2 unspecified atom stereocenters. The number of nitrogens with zero attached hydrogens (tertiary/aromatic N) is 2. The zero-order valence-electron chi connectivity index (χ0n) is 17.2. The van der Waals surface area contributed by atoms with E-state index >= 15 is 0 Å². The number of piperazine rings is 1. The number of hydrogen-bond donors (Lipinski definition) is 2. The maximum atomic E-state index is 12.9. The van der Waals surface area contributed by atoms with Gasteiger partial charge in [-0.05, 0) is 29.7 Å². The largest absolute Gasteiger partial charge is 0.497 e. The standard InChI is InChI=1S/C23H28N4O3/c1-30-19-9-7-17(8-10-19)15-22(28)26-11-13-27(14-12-26)23(29)21-16-20(24-25-21)18-5-3-2-4-6-18/h2-10,20-21,24-25H,11-16H2,1H3. The summed E-state index contributed by atoms with van der Waals surface area (Å²) in [6.07, 6.45) is 1.09. The fraction of sp³-hybridized carbons (Fsp3) is 0.391. The molecule has 2 amide bonds. The van der Waals surface area contributed by atoms with Crippen LogP contribution in [0, 0.1) is 0 Å². The van der Waals surface area contributed by atoms with Gasteiger partial charge in [0.2, 0.25) is 11.8 Å². The van der Waals surface area contributed by atoms with Gasteiger partial charge in [-0.15, -0.1) is 0 Å². The highest BCUT2D eigenvalue weighted by Gasteiger charge is 2.34. The molecule has 7 nitrogen and oxygen atoms in total. The first-order valence-corrected chi connectivity index (χ1v) is 10.4. The van der Waals surface area contributed by atoms with Crippen molar-refractivity contribution in [3.63, 3.8) is 0 Å². The molecule has 158 valence electrons. The average molecular weight is 409 g/mol. The summed E-state index contributed by atoms with van der Waals surface area (Å²) in [6.45, 7) is 2.29. The van der Waals surface area contributed by atoms with Crippen molar-refractivity contribution in [2.45, 2.75) is 24.9 Å². The quantitative estimate of drug-likeness (QED) is 0.785. The average Bonchev–Trinajstić information content (AvgIpc) is 3.30. The van der Waals surface area contributed by atoms with Gasteiger partial charge >= 0.3 is 0 Å². The van der Waals surface area contributed by atoms with Crippen molar-refractivity contribution in [2.24, 2.45) is 0 Å². The number of amides is 2. The Labute approximate surface area is 177 Å². The fourth-order valence-electron chi connectivity index (χ4n) is 4.05. The molecule has 2 aromatic rings. The van der Waals surface area contributed by atoms with E-state index in [1.165, 1.54) is 5.56 Å². The van der Waals surface area contributed by atoms with Crippen LogP contribution in [-0.4, -0.2) is 60.9 Å². The van der Waals surface area contributed by atoms with Crippen LogP contribution in [-0.2, 0) is 16.0 Å². The molecule has 0 aromatic heterocycles. The van der Waals surface area contributed by atoms with Gasteiger partial charge in [0.05, 0.1) is 13.5 Å². The molecule has 0 bridgehead atoms. The number of hydrogen-bond acceptors (Lipinski definition) is 5. The highest BCUT2D eigenvalue weighted by molar-refractivity contribution is 5.83. The van der Waals surface area contributed by atoms with Gasteiger partial charge in [-0.25, -0.2) is 10.9 Å².